The second-order valence-electron chi connectivity index (χ2n) is 6.98. The van der Waals surface area contributed by atoms with Gasteiger partial charge in [-0.15, -0.1) is 10.2 Å². The maximum absolute atomic E-state index is 12.1. The number of thioether (sulfide) groups is 1. The molecule has 2 aromatic heterocycles. The maximum atomic E-state index is 12.1. The number of amides is 1. The first-order chi connectivity index (χ1) is 12.8. The van der Waals surface area contributed by atoms with Crippen LogP contribution in [0.5, 0.6) is 0 Å². The molecule has 2 N–H and O–H groups in total. The Labute approximate surface area is 165 Å². The van der Waals surface area contributed by atoms with Gasteiger partial charge in [0.05, 0.1) is 11.4 Å². The van der Waals surface area contributed by atoms with E-state index in [0.29, 0.717) is 15.4 Å². The summed E-state index contributed by atoms with van der Waals surface area (Å²) in [6.07, 6.45) is 0. The van der Waals surface area contributed by atoms with Crippen molar-refractivity contribution in [1.82, 2.24) is 15.4 Å². The summed E-state index contributed by atoms with van der Waals surface area (Å²) in [6.45, 7) is 8.12. The summed E-state index contributed by atoms with van der Waals surface area (Å²) in [5.41, 5.74) is 2.78. The van der Waals surface area contributed by atoms with Crippen molar-refractivity contribution in [3.05, 3.63) is 41.6 Å². The lowest BCUT2D eigenvalue weighted by Gasteiger charge is -2.12. The normalized spacial score (nSPS) is 11.4. The molecule has 27 heavy (non-hydrogen) atoms. The van der Waals surface area contributed by atoms with Crippen molar-refractivity contribution in [2.75, 3.05) is 16.4 Å². The number of aryl methyl sites for hydroxylation is 1. The second-order valence-corrected chi connectivity index (χ2v) is 9.18. The predicted octanol–water partition coefficient (Wildman–Crippen LogP) is 4.61. The number of para-hydroxylation sites is 1. The maximum Gasteiger partial charge on any atom is 0.237 e. The molecular weight excluding hydrogens is 382 g/mol. The summed E-state index contributed by atoms with van der Waals surface area (Å²) in [6, 6.07) is 9.71. The number of hydrogen-bond acceptors (Lipinski definition) is 8. The summed E-state index contributed by atoms with van der Waals surface area (Å²) >= 11 is 2.73. The van der Waals surface area contributed by atoms with Gasteiger partial charge in [-0.1, -0.05) is 67.2 Å². The van der Waals surface area contributed by atoms with E-state index in [-0.39, 0.29) is 17.1 Å². The molecule has 0 aliphatic rings. The summed E-state index contributed by atoms with van der Waals surface area (Å²) in [5.74, 6) is 0.384. The summed E-state index contributed by atoms with van der Waals surface area (Å²) in [4.78, 5) is 12.1. The van der Waals surface area contributed by atoms with Crippen LogP contribution in [0.2, 0.25) is 0 Å². The largest absolute Gasteiger partial charge is 0.338 e. The van der Waals surface area contributed by atoms with Gasteiger partial charge in [-0.2, -0.15) is 0 Å². The van der Waals surface area contributed by atoms with Crippen LogP contribution in [-0.2, 0) is 10.2 Å². The van der Waals surface area contributed by atoms with E-state index < -0.39 is 0 Å². The highest BCUT2D eigenvalue weighted by atomic mass is 32.2. The minimum absolute atomic E-state index is 0.131. The summed E-state index contributed by atoms with van der Waals surface area (Å²) < 4.78 is 5.89. The van der Waals surface area contributed by atoms with Crippen LogP contribution in [0.4, 0.5) is 16.7 Å². The monoisotopic (exact) mass is 403 g/mol. The van der Waals surface area contributed by atoms with E-state index in [1.165, 1.54) is 23.1 Å². The van der Waals surface area contributed by atoms with Gasteiger partial charge in [0.15, 0.2) is 4.34 Å². The molecular formula is C18H21N5O2S2. The third-order valence-electron chi connectivity index (χ3n) is 3.66. The Bertz CT molecular complexity index is 930. The van der Waals surface area contributed by atoms with Gasteiger partial charge in [0.25, 0.3) is 0 Å². The van der Waals surface area contributed by atoms with Gasteiger partial charge in [-0.3, -0.25) is 10.1 Å². The lowest BCUT2D eigenvalue weighted by atomic mass is 9.92. The Kier molecular flexibility index (Phi) is 5.81. The standard InChI is InChI=1S/C18H21N5O2S2/c1-11-7-5-6-8-12(11)19-16-21-22-17(27-16)26-10-14(24)20-15-9-13(23-25-15)18(2,3)4/h5-9H,10H2,1-4H3,(H,19,21)(H,20,24). The van der Waals surface area contributed by atoms with E-state index in [1.807, 2.05) is 52.0 Å². The fraction of sp³-hybridized carbons (Fsp3) is 0.333. The lowest BCUT2D eigenvalue weighted by Crippen LogP contribution is -2.14. The number of anilines is 3. The number of carbonyl (C=O) groups excluding carboxylic acids is 1. The number of nitrogens with one attached hydrogen (secondary N) is 2. The van der Waals surface area contributed by atoms with Crippen LogP contribution in [-0.4, -0.2) is 27.0 Å². The molecule has 0 radical (unpaired) electrons. The van der Waals surface area contributed by atoms with E-state index in [4.69, 9.17) is 4.52 Å². The van der Waals surface area contributed by atoms with Crippen molar-refractivity contribution in [2.24, 2.45) is 0 Å². The number of aromatic nitrogens is 3. The molecule has 1 aromatic carbocycles. The molecule has 1 amide bonds. The van der Waals surface area contributed by atoms with Crippen molar-refractivity contribution >= 4 is 45.7 Å². The van der Waals surface area contributed by atoms with Crippen LogP contribution in [0.3, 0.4) is 0 Å². The highest BCUT2D eigenvalue weighted by Gasteiger charge is 2.19. The molecule has 0 fully saturated rings. The van der Waals surface area contributed by atoms with Gasteiger partial charge >= 0.3 is 0 Å². The van der Waals surface area contributed by atoms with E-state index >= 15 is 0 Å². The van der Waals surface area contributed by atoms with E-state index in [2.05, 4.69) is 26.0 Å². The summed E-state index contributed by atoms with van der Waals surface area (Å²) in [7, 11) is 0. The number of rotatable bonds is 6. The number of nitrogens with zero attached hydrogens (tertiary/aromatic N) is 3. The molecule has 142 valence electrons. The average molecular weight is 404 g/mol. The van der Waals surface area contributed by atoms with Crippen LogP contribution in [0, 0.1) is 6.92 Å². The third kappa shape index (κ3) is 5.30. The first kappa shape index (κ1) is 19.4. The minimum Gasteiger partial charge on any atom is -0.338 e. The molecule has 3 aromatic rings. The predicted molar refractivity (Wildman–Crippen MR) is 109 cm³/mol. The molecule has 0 aliphatic heterocycles. The third-order valence-corrected chi connectivity index (χ3v) is 5.63. The molecule has 0 aliphatic carbocycles. The lowest BCUT2D eigenvalue weighted by molar-refractivity contribution is -0.113. The van der Waals surface area contributed by atoms with Gasteiger partial charge < -0.3 is 9.84 Å². The number of hydrogen-bond donors (Lipinski definition) is 2. The van der Waals surface area contributed by atoms with Crippen molar-refractivity contribution in [1.29, 1.82) is 0 Å². The number of benzene rings is 1. The van der Waals surface area contributed by atoms with Crippen molar-refractivity contribution in [3.8, 4) is 0 Å². The van der Waals surface area contributed by atoms with E-state index in [9.17, 15) is 4.79 Å². The average Bonchev–Trinajstić information content (AvgIpc) is 3.24. The van der Waals surface area contributed by atoms with Crippen molar-refractivity contribution in [2.45, 2.75) is 37.4 Å². The summed E-state index contributed by atoms with van der Waals surface area (Å²) in [5, 5.41) is 18.9. The Hall–Kier alpha value is -2.39. The Morgan fingerprint density at radius 2 is 2.04 bits per heavy atom. The molecule has 0 saturated heterocycles. The van der Waals surface area contributed by atoms with Gasteiger partial charge in [-0.05, 0) is 18.6 Å². The zero-order valence-corrected chi connectivity index (χ0v) is 17.2. The fourth-order valence-corrected chi connectivity index (χ4v) is 3.70. The first-order valence-electron chi connectivity index (χ1n) is 8.37. The minimum atomic E-state index is -0.180. The fourth-order valence-electron chi connectivity index (χ4n) is 2.14. The van der Waals surface area contributed by atoms with E-state index in [1.54, 1.807) is 6.07 Å². The van der Waals surface area contributed by atoms with Crippen molar-refractivity contribution in [3.63, 3.8) is 0 Å². The van der Waals surface area contributed by atoms with Crippen LogP contribution in [0.1, 0.15) is 32.0 Å². The SMILES string of the molecule is Cc1ccccc1Nc1nnc(SCC(=O)Nc2cc(C(C)(C)C)no2)s1. The molecule has 0 bridgehead atoms. The van der Waals surface area contributed by atoms with Crippen LogP contribution < -0.4 is 10.6 Å². The van der Waals surface area contributed by atoms with Crippen LogP contribution in [0.25, 0.3) is 0 Å². The highest BCUT2D eigenvalue weighted by molar-refractivity contribution is 8.01. The second kappa shape index (κ2) is 8.10. The molecule has 3 rings (SSSR count). The molecule has 0 spiro atoms. The molecule has 0 atom stereocenters. The molecule has 0 unspecified atom stereocenters. The van der Waals surface area contributed by atoms with Crippen LogP contribution >= 0.6 is 23.1 Å². The Morgan fingerprint density at radius 1 is 1.26 bits per heavy atom. The van der Waals surface area contributed by atoms with Crippen molar-refractivity contribution < 1.29 is 9.32 Å². The van der Waals surface area contributed by atoms with Gasteiger partial charge in [0.1, 0.15) is 0 Å². The molecule has 7 nitrogen and oxygen atoms in total. The van der Waals surface area contributed by atoms with Gasteiger partial charge in [-0.25, -0.2) is 0 Å². The molecule has 2 heterocycles. The number of carbonyl (C=O) groups is 1. The van der Waals surface area contributed by atoms with E-state index in [0.717, 1.165) is 16.9 Å². The highest BCUT2D eigenvalue weighted by Crippen LogP contribution is 2.29. The van der Waals surface area contributed by atoms with Gasteiger partial charge in [0, 0.05) is 17.2 Å². The quantitative estimate of drug-likeness (QED) is 0.581. The zero-order valence-electron chi connectivity index (χ0n) is 15.6. The molecule has 9 heteroatoms. The first-order valence-corrected chi connectivity index (χ1v) is 10.2. The smallest absolute Gasteiger partial charge is 0.237 e. The topological polar surface area (TPSA) is 92.9 Å². The Balaban J connectivity index is 1.51. The zero-order chi connectivity index (χ0) is 19.4. The van der Waals surface area contributed by atoms with Gasteiger partial charge in [0.2, 0.25) is 16.9 Å². The molecule has 0 saturated carbocycles. The van der Waals surface area contributed by atoms with Crippen LogP contribution in [0.15, 0.2) is 39.2 Å². The Morgan fingerprint density at radius 3 is 2.74 bits per heavy atom.